The van der Waals surface area contributed by atoms with Gasteiger partial charge in [-0.3, -0.25) is 0 Å². The third-order valence-electron chi connectivity index (χ3n) is 2.02. The summed E-state index contributed by atoms with van der Waals surface area (Å²) in [6, 6.07) is 3.89. The molecule has 0 saturated heterocycles. The lowest BCUT2D eigenvalue weighted by Crippen LogP contribution is -2.29. The van der Waals surface area contributed by atoms with Gasteiger partial charge in [-0.15, -0.1) is 0 Å². The van der Waals surface area contributed by atoms with Crippen LogP contribution in [0.1, 0.15) is 11.7 Å². The first-order valence-electron chi connectivity index (χ1n) is 4.36. The minimum absolute atomic E-state index is 0.166. The monoisotopic (exact) mass is 292 g/mol. The van der Waals surface area contributed by atoms with Crippen LogP contribution in [0.4, 0.5) is 4.39 Å². The Morgan fingerprint density at radius 3 is 2.62 bits per heavy atom. The summed E-state index contributed by atoms with van der Waals surface area (Å²) in [4.78, 5) is 10.9. The molecule has 0 radical (unpaired) electrons. The smallest absolute Gasteiger partial charge is 0.337 e. The van der Waals surface area contributed by atoms with Crippen molar-refractivity contribution >= 4 is 21.9 Å². The molecule has 88 valence electrons. The van der Waals surface area contributed by atoms with E-state index in [0.717, 1.165) is 13.2 Å². The van der Waals surface area contributed by atoms with Crippen LogP contribution < -0.4 is 0 Å². The number of ether oxygens (including phenoxy) is 1. The lowest BCUT2D eigenvalue weighted by Gasteiger charge is -2.16. The lowest BCUT2D eigenvalue weighted by molar-refractivity contribution is -0.156. The molecule has 2 atom stereocenters. The van der Waals surface area contributed by atoms with Crippen LogP contribution in [0, 0.1) is 5.82 Å². The largest absolute Gasteiger partial charge is 0.467 e. The first-order valence-corrected chi connectivity index (χ1v) is 5.15. The van der Waals surface area contributed by atoms with Crippen LogP contribution in [-0.4, -0.2) is 29.4 Å². The molecule has 0 aliphatic heterocycles. The van der Waals surface area contributed by atoms with Crippen molar-refractivity contribution in [3.63, 3.8) is 0 Å². The third-order valence-corrected chi connectivity index (χ3v) is 2.52. The van der Waals surface area contributed by atoms with Gasteiger partial charge in [-0.2, -0.15) is 0 Å². The number of rotatable bonds is 3. The van der Waals surface area contributed by atoms with Crippen molar-refractivity contribution in [3.05, 3.63) is 34.1 Å². The Morgan fingerprint density at radius 2 is 2.12 bits per heavy atom. The van der Waals surface area contributed by atoms with E-state index in [-0.39, 0.29) is 5.56 Å². The van der Waals surface area contributed by atoms with Crippen molar-refractivity contribution < 1.29 is 24.1 Å². The number of hydrogen-bond acceptors (Lipinski definition) is 4. The van der Waals surface area contributed by atoms with Gasteiger partial charge in [0.25, 0.3) is 0 Å². The molecule has 0 bridgehead atoms. The minimum atomic E-state index is -1.80. The highest BCUT2D eigenvalue weighted by Gasteiger charge is 2.28. The fourth-order valence-electron chi connectivity index (χ4n) is 1.16. The predicted octanol–water partition coefficient (Wildman–Crippen LogP) is 1.16. The number of benzene rings is 1. The third kappa shape index (κ3) is 2.78. The van der Waals surface area contributed by atoms with E-state index in [2.05, 4.69) is 20.7 Å². The topological polar surface area (TPSA) is 66.8 Å². The van der Waals surface area contributed by atoms with E-state index in [9.17, 15) is 19.4 Å². The van der Waals surface area contributed by atoms with E-state index < -0.39 is 24.0 Å². The number of esters is 1. The molecule has 1 rings (SSSR count). The Labute approximate surface area is 99.8 Å². The number of halogens is 2. The molecule has 0 aromatic heterocycles. The van der Waals surface area contributed by atoms with E-state index in [1.807, 2.05) is 0 Å². The van der Waals surface area contributed by atoms with Crippen molar-refractivity contribution in [1.29, 1.82) is 0 Å². The van der Waals surface area contributed by atoms with Crippen molar-refractivity contribution in [1.82, 2.24) is 0 Å². The average molecular weight is 293 g/mol. The van der Waals surface area contributed by atoms with E-state index in [0.29, 0.717) is 4.47 Å². The van der Waals surface area contributed by atoms with Crippen LogP contribution in [0.3, 0.4) is 0 Å². The molecule has 0 spiro atoms. The van der Waals surface area contributed by atoms with Crippen molar-refractivity contribution in [2.24, 2.45) is 0 Å². The van der Waals surface area contributed by atoms with Gasteiger partial charge in [-0.05, 0) is 12.1 Å². The van der Waals surface area contributed by atoms with Crippen molar-refractivity contribution in [3.8, 4) is 0 Å². The summed E-state index contributed by atoms with van der Waals surface area (Å²) in [6.45, 7) is 0. The van der Waals surface area contributed by atoms with Gasteiger partial charge in [-0.1, -0.05) is 22.0 Å². The summed E-state index contributed by atoms with van der Waals surface area (Å²) in [6.07, 6.45) is -3.46. The van der Waals surface area contributed by atoms with Gasteiger partial charge in [-0.25, -0.2) is 9.18 Å². The van der Waals surface area contributed by atoms with E-state index in [1.165, 1.54) is 12.1 Å². The quantitative estimate of drug-likeness (QED) is 0.821. The van der Waals surface area contributed by atoms with Crippen molar-refractivity contribution in [2.45, 2.75) is 12.2 Å². The molecule has 16 heavy (non-hydrogen) atoms. The minimum Gasteiger partial charge on any atom is -0.467 e. The first kappa shape index (κ1) is 13.1. The van der Waals surface area contributed by atoms with Crippen LogP contribution in [0.15, 0.2) is 22.7 Å². The maximum Gasteiger partial charge on any atom is 0.337 e. The zero-order valence-corrected chi connectivity index (χ0v) is 9.94. The Hall–Kier alpha value is -0.980. The van der Waals surface area contributed by atoms with Crippen LogP contribution in [-0.2, 0) is 9.53 Å². The highest BCUT2D eigenvalue weighted by molar-refractivity contribution is 9.10. The summed E-state index contributed by atoms with van der Waals surface area (Å²) in [7, 11) is 1.07. The molecule has 4 nitrogen and oxygen atoms in total. The molecule has 6 heteroatoms. The summed E-state index contributed by atoms with van der Waals surface area (Å²) in [5, 5.41) is 18.9. The maximum atomic E-state index is 13.4. The molecule has 0 aliphatic carbocycles. The van der Waals surface area contributed by atoms with Crippen LogP contribution in [0.25, 0.3) is 0 Å². The Morgan fingerprint density at radius 1 is 1.50 bits per heavy atom. The zero-order valence-electron chi connectivity index (χ0n) is 8.35. The van der Waals surface area contributed by atoms with Gasteiger partial charge in [0.05, 0.1) is 7.11 Å². The van der Waals surface area contributed by atoms with Crippen LogP contribution >= 0.6 is 15.9 Å². The van der Waals surface area contributed by atoms with Gasteiger partial charge in [0.15, 0.2) is 6.10 Å². The molecule has 1 aromatic carbocycles. The second kappa shape index (κ2) is 5.38. The molecular weight excluding hydrogens is 283 g/mol. The Balaban J connectivity index is 2.96. The van der Waals surface area contributed by atoms with Crippen LogP contribution in [0.5, 0.6) is 0 Å². The number of methoxy groups -OCH3 is 1. The second-order valence-electron chi connectivity index (χ2n) is 3.08. The average Bonchev–Trinajstić information content (AvgIpc) is 2.26. The molecule has 2 N–H and O–H groups in total. The molecule has 0 heterocycles. The zero-order chi connectivity index (χ0) is 12.3. The highest BCUT2D eigenvalue weighted by Crippen LogP contribution is 2.23. The molecule has 0 aliphatic rings. The Kier molecular flexibility index (Phi) is 4.40. The van der Waals surface area contributed by atoms with Crippen LogP contribution in [0.2, 0.25) is 0 Å². The number of aliphatic hydroxyl groups is 2. The summed E-state index contributed by atoms with van der Waals surface area (Å²) >= 11 is 3.05. The Bertz CT molecular complexity index is 396. The maximum absolute atomic E-state index is 13.4. The first-order chi connectivity index (χ1) is 7.47. The SMILES string of the molecule is COC(=O)C(O)C(O)c1ccc(Br)cc1F. The molecule has 0 amide bonds. The normalized spacial score (nSPS) is 14.3. The highest BCUT2D eigenvalue weighted by atomic mass is 79.9. The summed E-state index contributed by atoms with van der Waals surface area (Å²) in [5.74, 6) is -1.74. The standard InChI is InChI=1S/C10H10BrFO4/c1-16-10(15)9(14)8(13)6-3-2-5(11)4-7(6)12/h2-4,8-9,13-14H,1H3. The number of aliphatic hydroxyl groups excluding tert-OH is 2. The van der Waals surface area contributed by atoms with E-state index >= 15 is 0 Å². The fourth-order valence-corrected chi connectivity index (χ4v) is 1.49. The number of hydrogen-bond donors (Lipinski definition) is 2. The molecular formula is C10H10BrFO4. The lowest BCUT2D eigenvalue weighted by atomic mass is 10.0. The van der Waals surface area contributed by atoms with Gasteiger partial charge in [0.1, 0.15) is 11.9 Å². The second-order valence-corrected chi connectivity index (χ2v) is 3.99. The number of carbonyl (C=O) groups excluding carboxylic acids is 1. The van der Waals surface area contributed by atoms with Gasteiger partial charge in [0, 0.05) is 10.0 Å². The van der Waals surface area contributed by atoms with E-state index in [4.69, 9.17) is 0 Å². The summed E-state index contributed by atoms with van der Waals surface area (Å²) < 4.78 is 18.1. The summed E-state index contributed by atoms with van der Waals surface area (Å²) in [5.41, 5.74) is -0.166. The predicted molar refractivity (Wildman–Crippen MR) is 57.1 cm³/mol. The fraction of sp³-hybridized carbons (Fsp3) is 0.300. The van der Waals surface area contributed by atoms with Gasteiger partial charge < -0.3 is 14.9 Å². The van der Waals surface area contributed by atoms with Crippen molar-refractivity contribution in [2.75, 3.05) is 7.11 Å². The molecule has 0 fully saturated rings. The van der Waals surface area contributed by atoms with E-state index in [1.54, 1.807) is 0 Å². The molecule has 1 aromatic rings. The molecule has 2 unspecified atom stereocenters. The van der Waals surface area contributed by atoms with Gasteiger partial charge >= 0.3 is 5.97 Å². The van der Waals surface area contributed by atoms with Gasteiger partial charge in [0.2, 0.25) is 0 Å². The molecule has 0 saturated carbocycles. The number of carbonyl (C=O) groups is 1.